The molecule has 7 heteroatoms. The number of rotatable bonds is 5. The molecule has 2 aromatic heterocycles. The number of hydrogen-bond acceptors (Lipinski definition) is 6. The maximum Gasteiger partial charge on any atom is 0.303 e. The van der Waals surface area contributed by atoms with Crippen LogP contribution in [0.5, 0.6) is 0 Å². The van der Waals surface area contributed by atoms with E-state index in [-0.39, 0.29) is 12.3 Å². The van der Waals surface area contributed by atoms with Crippen molar-refractivity contribution in [2.24, 2.45) is 5.92 Å². The summed E-state index contributed by atoms with van der Waals surface area (Å²) in [5.74, 6) is -0.0927. The number of aromatic nitrogens is 4. The van der Waals surface area contributed by atoms with Crippen molar-refractivity contribution in [2.45, 2.75) is 19.8 Å². The van der Waals surface area contributed by atoms with Gasteiger partial charge in [-0.1, -0.05) is 6.92 Å². The van der Waals surface area contributed by atoms with Gasteiger partial charge in [-0.05, 0) is 12.0 Å². The SMILES string of the molecule is CC(CC(=O)O)Cc1nnc(-c2ccnnc2)o1. The largest absolute Gasteiger partial charge is 0.481 e. The molecule has 1 atom stereocenters. The van der Waals surface area contributed by atoms with Gasteiger partial charge in [0.2, 0.25) is 11.8 Å². The zero-order valence-electron chi connectivity index (χ0n) is 9.78. The number of carbonyl (C=O) groups is 1. The molecule has 1 N–H and O–H groups in total. The monoisotopic (exact) mass is 248 g/mol. The van der Waals surface area contributed by atoms with E-state index >= 15 is 0 Å². The molecule has 94 valence electrons. The minimum absolute atomic E-state index is 0.0497. The third kappa shape index (κ3) is 3.09. The predicted molar refractivity (Wildman–Crippen MR) is 60.4 cm³/mol. The third-order valence-corrected chi connectivity index (χ3v) is 2.34. The Morgan fingerprint density at radius 3 is 2.94 bits per heavy atom. The molecule has 2 rings (SSSR count). The molecule has 2 aromatic rings. The van der Waals surface area contributed by atoms with Crippen molar-refractivity contribution in [3.8, 4) is 11.5 Å². The van der Waals surface area contributed by atoms with Crippen LogP contribution in [0.1, 0.15) is 19.2 Å². The Bertz CT molecular complexity index is 526. The fourth-order valence-corrected chi connectivity index (χ4v) is 1.54. The first-order chi connectivity index (χ1) is 8.65. The highest BCUT2D eigenvalue weighted by Crippen LogP contribution is 2.18. The van der Waals surface area contributed by atoms with Crippen LogP contribution in [0.15, 0.2) is 22.9 Å². The van der Waals surface area contributed by atoms with E-state index in [1.807, 2.05) is 6.92 Å². The number of carboxylic acids is 1. The summed E-state index contributed by atoms with van der Waals surface area (Å²) < 4.78 is 5.44. The van der Waals surface area contributed by atoms with Crippen LogP contribution in [0.25, 0.3) is 11.5 Å². The summed E-state index contributed by atoms with van der Waals surface area (Å²) in [6.45, 7) is 1.83. The van der Waals surface area contributed by atoms with E-state index < -0.39 is 5.97 Å². The normalized spacial score (nSPS) is 12.3. The summed E-state index contributed by atoms with van der Waals surface area (Å²) in [4.78, 5) is 10.5. The molecule has 0 spiro atoms. The standard InChI is InChI=1S/C11H12N4O3/c1-7(5-10(16)17)4-9-14-15-11(18-9)8-2-3-12-13-6-8/h2-3,6-7H,4-5H2,1H3,(H,16,17). The van der Waals surface area contributed by atoms with Gasteiger partial charge in [0.25, 0.3) is 0 Å². The highest BCUT2D eigenvalue weighted by atomic mass is 16.4. The summed E-state index contributed by atoms with van der Waals surface area (Å²) in [6.07, 6.45) is 3.58. The van der Waals surface area contributed by atoms with E-state index in [1.54, 1.807) is 6.07 Å². The lowest BCUT2D eigenvalue weighted by Crippen LogP contribution is -2.07. The van der Waals surface area contributed by atoms with Crippen LogP contribution in [0, 0.1) is 5.92 Å². The summed E-state index contributed by atoms with van der Waals surface area (Å²) in [7, 11) is 0. The molecule has 0 radical (unpaired) electrons. The molecule has 0 aliphatic rings. The predicted octanol–water partition coefficient (Wildman–Crippen LogP) is 1.18. The van der Waals surface area contributed by atoms with Crippen LogP contribution in [0.4, 0.5) is 0 Å². The van der Waals surface area contributed by atoms with Crippen molar-refractivity contribution in [3.05, 3.63) is 24.4 Å². The molecule has 0 aliphatic carbocycles. The van der Waals surface area contributed by atoms with Crippen LogP contribution < -0.4 is 0 Å². The van der Waals surface area contributed by atoms with Crippen molar-refractivity contribution in [1.82, 2.24) is 20.4 Å². The van der Waals surface area contributed by atoms with Gasteiger partial charge in [-0.3, -0.25) is 4.79 Å². The second-order valence-corrected chi connectivity index (χ2v) is 4.04. The molecule has 1 unspecified atom stereocenters. The van der Waals surface area contributed by atoms with Crippen LogP contribution in [0.3, 0.4) is 0 Å². The molecule has 7 nitrogen and oxygen atoms in total. The Hall–Kier alpha value is -2.31. The zero-order valence-corrected chi connectivity index (χ0v) is 9.78. The summed E-state index contributed by atoms with van der Waals surface area (Å²) in [5, 5.41) is 23.8. The van der Waals surface area contributed by atoms with Crippen LogP contribution >= 0.6 is 0 Å². The van der Waals surface area contributed by atoms with Gasteiger partial charge in [-0.2, -0.15) is 10.2 Å². The first kappa shape index (κ1) is 12.2. The van der Waals surface area contributed by atoms with Gasteiger partial charge in [0.05, 0.1) is 18.0 Å². The molecular weight excluding hydrogens is 236 g/mol. The molecule has 0 saturated carbocycles. The second kappa shape index (κ2) is 5.35. The molecule has 0 fully saturated rings. The quantitative estimate of drug-likeness (QED) is 0.847. The maximum absolute atomic E-state index is 10.5. The van der Waals surface area contributed by atoms with Gasteiger partial charge in [-0.25, -0.2) is 0 Å². The fraction of sp³-hybridized carbons (Fsp3) is 0.364. The number of nitrogens with zero attached hydrogens (tertiary/aromatic N) is 4. The summed E-state index contributed by atoms with van der Waals surface area (Å²) in [5.41, 5.74) is 0.689. The minimum atomic E-state index is -0.833. The number of carboxylic acid groups (broad SMARTS) is 1. The molecule has 0 aliphatic heterocycles. The first-order valence-corrected chi connectivity index (χ1v) is 5.46. The summed E-state index contributed by atoms with van der Waals surface area (Å²) in [6, 6.07) is 1.71. The van der Waals surface area contributed by atoms with E-state index in [0.29, 0.717) is 23.8 Å². The lowest BCUT2D eigenvalue weighted by atomic mass is 10.0. The van der Waals surface area contributed by atoms with Gasteiger partial charge in [0.1, 0.15) is 0 Å². The van der Waals surface area contributed by atoms with Crippen molar-refractivity contribution in [1.29, 1.82) is 0 Å². The minimum Gasteiger partial charge on any atom is -0.481 e. The molecule has 0 amide bonds. The van der Waals surface area contributed by atoms with Crippen LogP contribution in [-0.4, -0.2) is 31.5 Å². The van der Waals surface area contributed by atoms with E-state index in [4.69, 9.17) is 9.52 Å². The maximum atomic E-state index is 10.5. The van der Waals surface area contributed by atoms with Crippen molar-refractivity contribution in [3.63, 3.8) is 0 Å². The van der Waals surface area contributed by atoms with Crippen molar-refractivity contribution >= 4 is 5.97 Å². The molecule has 18 heavy (non-hydrogen) atoms. The van der Waals surface area contributed by atoms with Gasteiger partial charge < -0.3 is 9.52 Å². The third-order valence-electron chi connectivity index (χ3n) is 2.34. The highest BCUT2D eigenvalue weighted by molar-refractivity contribution is 5.66. The molecule has 0 saturated heterocycles. The van der Waals surface area contributed by atoms with E-state index in [2.05, 4.69) is 20.4 Å². The van der Waals surface area contributed by atoms with Crippen LogP contribution in [0.2, 0.25) is 0 Å². The Labute approximate surface area is 103 Å². The average Bonchev–Trinajstić information content (AvgIpc) is 2.77. The lowest BCUT2D eigenvalue weighted by Gasteiger charge is -2.03. The topological polar surface area (TPSA) is 102 Å². The first-order valence-electron chi connectivity index (χ1n) is 5.46. The molecule has 2 heterocycles. The summed E-state index contributed by atoms with van der Waals surface area (Å²) >= 11 is 0. The Morgan fingerprint density at radius 1 is 1.44 bits per heavy atom. The fourth-order valence-electron chi connectivity index (χ4n) is 1.54. The van der Waals surface area contributed by atoms with Crippen molar-refractivity contribution < 1.29 is 14.3 Å². The van der Waals surface area contributed by atoms with E-state index in [0.717, 1.165) is 0 Å². The van der Waals surface area contributed by atoms with Gasteiger partial charge in [-0.15, -0.1) is 10.2 Å². The van der Waals surface area contributed by atoms with Gasteiger partial charge in [0.15, 0.2) is 0 Å². The highest BCUT2D eigenvalue weighted by Gasteiger charge is 2.14. The van der Waals surface area contributed by atoms with Gasteiger partial charge >= 0.3 is 5.97 Å². The second-order valence-electron chi connectivity index (χ2n) is 4.04. The zero-order chi connectivity index (χ0) is 13.0. The average molecular weight is 248 g/mol. The molecular formula is C11H12N4O3. The Balaban J connectivity index is 2.05. The van der Waals surface area contributed by atoms with E-state index in [9.17, 15) is 4.79 Å². The Morgan fingerprint density at radius 2 is 2.28 bits per heavy atom. The van der Waals surface area contributed by atoms with Crippen molar-refractivity contribution in [2.75, 3.05) is 0 Å². The smallest absolute Gasteiger partial charge is 0.303 e. The van der Waals surface area contributed by atoms with E-state index in [1.165, 1.54) is 12.4 Å². The lowest BCUT2D eigenvalue weighted by molar-refractivity contribution is -0.137. The molecule has 0 aromatic carbocycles. The van der Waals surface area contributed by atoms with Gasteiger partial charge in [0, 0.05) is 12.8 Å². The molecule has 0 bridgehead atoms. The number of hydrogen-bond donors (Lipinski definition) is 1. The number of aliphatic carboxylic acids is 1. The Kier molecular flexibility index (Phi) is 3.61. The van der Waals surface area contributed by atoms with Crippen LogP contribution in [-0.2, 0) is 11.2 Å².